The van der Waals surface area contributed by atoms with Gasteiger partial charge in [0.2, 0.25) is 5.95 Å². The molecule has 5 heteroatoms. The van der Waals surface area contributed by atoms with Crippen LogP contribution in [0.3, 0.4) is 0 Å². The van der Waals surface area contributed by atoms with Crippen molar-refractivity contribution in [2.24, 2.45) is 0 Å². The molecule has 1 amide bonds. The summed E-state index contributed by atoms with van der Waals surface area (Å²) in [6.07, 6.45) is 0. The molecule has 2 aromatic rings. The van der Waals surface area contributed by atoms with Crippen LogP contribution in [0.15, 0.2) is 36.4 Å². The van der Waals surface area contributed by atoms with Crippen LogP contribution in [0.2, 0.25) is 0 Å². The Morgan fingerprint density at radius 2 is 2.00 bits per heavy atom. The molecule has 2 rings (SSSR count). The van der Waals surface area contributed by atoms with E-state index in [1.165, 1.54) is 18.2 Å². The molecule has 0 bridgehead atoms. The van der Waals surface area contributed by atoms with E-state index in [2.05, 4.69) is 10.3 Å². The van der Waals surface area contributed by atoms with Crippen LogP contribution in [0.1, 0.15) is 16.1 Å². The largest absolute Gasteiger partial charge is 0.377 e. The summed E-state index contributed by atoms with van der Waals surface area (Å²) in [5, 5.41) is 2.71. The van der Waals surface area contributed by atoms with Crippen LogP contribution < -0.4 is 10.2 Å². The number of halogens is 1. The van der Waals surface area contributed by atoms with Gasteiger partial charge in [-0.2, -0.15) is 4.39 Å². The number of rotatable bonds is 3. The number of hydrogen-bond acceptors (Lipinski definition) is 3. The Balaban J connectivity index is 2.22. The number of hydrogen-bond donors (Lipinski definition) is 1. The Kier molecular flexibility index (Phi) is 3.98. The third-order valence-electron chi connectivity index (χ3n) is 2.90. The smallest absolute Gasteiger partial charge is 0.274 e. The number of aromatic nitrogens is 1. The lowest BCUT2D eigenvalue weighted by Gasteiger charge is -2.17. The molecule has 0 unspecified atom stereocenters. The van der Waals surface area contributed by atoms with Crippen molar-refractivity contribution in [3.05, 3.63) is 53.6 Å². The number of amides is 1. The van der Waals surface area contributed by atoms with Crippen molar-refractivity contribution in [1.29, 1.82) is 0 Å². The molecule has 1 N–H and O–H groups in total. The van der Waals surface area contributed by atoms with Gasteiger partial charge in [0.05, 0.1) is 0 Å². The van der Waals surface area contributed by atoms with Gasteiger partial charge in [-0.1, -0.05) is 12.1 Å². The van der Waals surface area contributed by atoms with Crippen molar-refractivity contribution >= 4 is 17.3 Å². The van der Waals surface area contributed by atoms with E-state index in [1.807, 2.05) is 38.1 Å². The first-order chi connectivity index (χ1) is 9.47. The van der Waals surface area contributed by atoms with Crippen molar-refractivity contribution in [3.63, 3.8) is 0 Å². The Morgan fingerprint density at radius 1 is 1.25 bits per heavy atom. The van der Waals surface area contributed by atoms with E-state index < -0.39 is 11.9 Å². The molecule has 1 heterocycles. The van der Waals surface area contributed by atoms with Gasteiger partial charge < -0.3 is 10.2 Å². The third-order valence-corrected chi connectivity index (χ3v) is 2.90. The van der Waals surface area contributed by atoms with Gasteiger partial charge in [0, 0.05) is 25.5 Å². The van der Waals surface area contributed by atoms with Gasteiger partial charge in [-0.05, 0) is 36.8 Å². The molecule has 1 aromatic heterocycles. The Bertz CT molecular complexity index is 641. The second-order valence-electron chi connectivity index (χ2n) is 4.70. The first-order valence-corrected chi connectivity index (χ1v) is 6.19. The molecule has 0 spiro atoms. The number of aryl methyl sites for hydroxylation is 1. The average molecular weight is 273 g/mol. The molecule has 1 aromatic carbocycles. The van der Waals surface area contributed by atoms with Crippen LogP contribution in [0.5, 0.6) is 0 Å². The van der Waals surface area contributed by atoms with Crippen LogP contribution in [0.4, 0.5) is 15.8 Å². The fourth-order valence-electron chi connectivity index (χ4n) is 1.90. The van der Waals surface area contributed by atoms with Gasteiger partial charge in [0.15, 0.2) is 0 Å². The van der Waals surface area contributed by atoms with Crippen molar-refractivity contribution < 1.29 is 9.18 Å². The Morgan fingerprint density at radius 3 is 2.65 bits per heavy atom. The molecular formula is C15H16FN3O. The van der Waals surface area contributed by atoms with Gasteiger partial charge >= 0.3 is 0 Å². The van der Waals surface area contributed by atoms with E-state index >= 15 is 0 Å². The lowest BCUT2D eigenvalue weighted by Crippen LogP contribution is -2.15. The summed E-state index contributed by atoms with van der Waals surface area (Å²) in [5.41, 5.74) is 2.82. The Labute approximate surface area is 117 Å². The van der Waals surface area contributed by atoms with Crippen LogP contribution >= 0.6 is 0 Å². The van der Waals surface area contributed by atoms with Gasteiger partial charge in [0.25, 0.3) is 5.91 Å². The number of nitrogens with one attached hydrogen (secondary N) is 1. The molecule has 0 aliphatic heterocycles. The van der Waals surface area contributed by atoms with E-state index in [9.17, 15) is 9.18 Å². The lowest BCUT2D eigenvalue weighted by molar-refractivity contribution is 0.102. The SMILES string of the molecule is Cc1ccc(NC(=O)c2cccc(F)n2)cc1N(C)C. The van der Waals surface area contributed by atoms with Gasteiger partial charge in [-0.15, -0.1) is 0 Å². The average Bonchev–Trinajstić information content (AvgIpc) is 2.40. The van der Waals surface area contributed by atoms with Crippen LogP contribution in [0, 0.1) is 12.9 Å². The molecule has 0 aliphatic rings. The summed E-state index contributed by atoms with van der Waals surface area (Å²) in [6, 6.07) is 9.72. The van der Waals surface area contributed by atoms with Crippen molar-refractivity contribution in [1.82, 2.24) is 4.98 Å². The number of nitrogens with zero attached hydrogens (tertiary/aromatic N) is 2. The summed E-state index contributed by atoms with van der Waals surface area (Å²) in [7, 11) is 3.87. The number of benzene rings is 1. The fourth-order valence-corrected chi connectivity index (χ4v) is 1.90. The standard InChI is InChI=1S/C15H16FN3O/c1-10-7-8-11(9-13(10)19(2)3)17-15(20)12-5-4-6-14(16)18-12/h4-9H,1-3H3,(H,17,20). The maximum absolute atomic E-state index is 13.0. The fraction of sp³-hybridized carbons (Fsp3) is 0.200. The highest BCUT2D eigenvalue weighted by molar-refractivity contribution is 6.03. The molecule has 0 aliphatic carbocycles. The molecule has 0 saturated heterocycles. The highest BCUT2D eigenvalue weighted by Crippen LogP contribution is 2.22. The number of carbonyl (C=O) groups is 1. The summed E-state index contributed by atoms with van der Waals surface area (Å²) in [6.45, 7) is 2.00. The normalized spacial score (nSPS) is 10.2. The number of pyridine rings is 1. The van der Waals surface area contributed by atoms with Crippen molar-refractivity contribution in [2.45, 2.75) is 6.92 Å². The second kappa shape index (κ2) is 5.69. The van der Waals surface area contributed by atoms with E-state index in [0.29, 0.717) is 5.69 Å². The molecule has 0 saturated carbocycles. The zero-order valence-corrected chi connectivity index (χ0v) is 11.6. The summed E-state index contributed by atoms with van der Waals surface area (Å²) in [4.78, 5) is 17.5. The van der Waals surface area contributed by atoms with Gasteiger partial charge in [-0.25, -0.2) is 4.98 Å². The van der Waals surface area contributed by atoms with Gasteiger partial charge in [-0.3, -0.25) is 4.79 Å². The van der Waals surface area contributed by atoms with Crippen LogP contribution in [-0.2, 0) is 0 Å². The minimum absolute atomic E-state index is 0.0528. The quantitative estimate of drug-likeness (QED) is 0.875. The molecule has 104 valence electrons. The zero-order valence-electron chi connectivity index (χ0n) is 11.6. The summed E-state index contributed by atoms with van der Waals surface area (Å²) < 4.78 is 13.0. The summed E-state index contributed by atoms with van der Waals surface area (Å²) in [5.74, 6) is -1.10. The van der Waals surface area contributed by atoms with E-state index in [1.54, 1.807) is 6.07 Å². The minimum Gasteiger partial charge on any atom is -0.377 e. The molecule has 0 fully saturated rings. The van der Waals surface area contributed by atoms with E-state index in [0.717, 1.165) is 11.3 Å². The number of carbonyl (C=O) groups excluding carboxylic acids is 1. The maximum atomic E-state index is 13.0. The van der Waals surface area contributed by atoms with E-state index in [-0.39, 0.29) is 5.69 Å². The minimum atomic E-state index is -0.671. The molecule has 0 atom stereocenters. The van der Waals surface area contributed by atoms with Crippen molar-refractivity contribution in [2.75, 3.05) is 24.3 Å². The monoisotopic (exact) mass is 273 g/mol. The van der Waals surface area contributed by atoms with Gasteiger partial charge in [0.1, 0.15) is 5.69 Å². The van der Waals surface area contributed by atoms with E-state index in [4.69, 9.17) is 0 Å². The summed E-state index contributed by atoms with van der Waals surface area (Å²) >= 11 is 0. The predicted molar refractivity (Wildman–Crippen MR) is 77.7 cm³/mol. The Hall–Kier alpha value is -2.43. The number of anilines is 2. The van der Waals surface area contributed by atoms with Crippen molar-refractivity contribution in [3.8, 4) is 0 Å². The maximum Gasteiger partial charge on any atom is 0.274 e. The zero-order chi connectivity index (χ0) is 14.7. The molecule has 20 heavy (non-hydrogen) atoms. The van der Waals surface area contributed by atoms with Crippen LogP contribution in [0.25, 0.3) is 0 Å². The highest BCUT2D eigenvalue weighted by atomic mass is 19.1. The highest BCUT2D eigenvalue weighted by Gasteiger charge is 2.10. The first kappa shape index (κ1) is 14.0. The third kappa shape index (κ3) is 3.12. The lowest BCUT2D eigenvalue weighted by atomic mass is 10.1. The predicted octanol–water partition coefficient (Wildman–Crippen LogP) is 2.85. The molecular weight excluding hydrogens is 257 g/mol. The molecule has 0 radical (unpaired) electrons. The second-order valence-corrected chi connectivity index (χ2v) is 4.70. The molecule has 4 nitrogen and oxygen atoms in total. The first-order valence-electron chi connectivity index (χ1n) is 6.19. The topological polar surface area (TPSA) is 45.2 Å². The van der Waals surface area contributed by atoms with Crippen LogP contribution in [-0.4, -0.2) is 25.0 Å².